The van der Waals surface area contributed by atoms with E-state index in [0.717, 1.165) is 6.07 Å². The molecule has 0 bridgehead atoms. The molecule has 1 aliphatic carbocycles. The summed E-state index contributed by atoms with van der Waals surface area (Å²) in [7, 11) is 0. The third-order valence-electron chi connectivity index (χ3n) is 2.93. The molecule has 0 spiro atoms. The van der Waals surface area contributed by atoms with Crippen LogP contribution in [0.25, 0.3) is 0 Å². The first kappa shape index (κ1) is 12.4. The van der Waals surface area contributed by atoms with Gasteiger partial charge in [0, 0.05) is 6.61 Å². The SMILES string of the molecule is CCO[C@@H]1CCc2c1cc(F)cc2C(F)(F)F. The summed E-state index contributed by atoms with van der Waals surface area (Å²) in [5.74, 6) is -0.859. The van der Waals surface area contributed by atoms with E-state index in [4.69, 9.17) is 4.74 Å². The summed E-state index contributed by atoms with van der Waals surface area (Å²) < 4.78 is 56.7. The highest BCUT2D eigenvalue weighted by molar-refractivity contribution is 5.42. The summed E-state index contributed by atoms with van der Waals surface area (Å²) in [5.41, 5.74) is -0.341. The fourth-order valence-electron chi connectivity index (χ4n) is 2.28. The lowest BCUT2D eigenvalue weighted by molar-refractivity contribution is -0.138. The highest BCUT2D eigenvalue weighted by atomic mass is 19.4. The molecule has 1 atom stereocenters. The Hall–Kier alpha value is -1.10. The van der Waals surface area contributed by atoms with Crippen LogP contribution in [0.1, 0.15) is 36.1 Å². The summed E-state index contributed by atoms with van der Waals surface area (Å²) in [4.78, 5) is 0. The van der Waals surface area contributed by atoms with Gasteiger partial charge < -0.3 is 4.74 Å². The van der Waals surface area contributed by atoms with Crippen molar-refractivity contribution in [2.45, 2.75) is 32.0 Å². The van der Waals surface area contributed by atoms with Gasteiger partial charge in [0.05, 0.1) is 11.7 Å². The molecule has 5 heteroatoms. The molecule has 0 aliphatic heterocycles. The summed E-state index contributed by atoms with van der Waals surface area (Å²) in [5, 5.41) is 0. The predicted octanol–water partition coefficient (Wildman–Crippen LogP) is 3.87. The van der Waals surface area contributed by atoms with Crippen LogP contribution in [-0.2, 0) is 17.3 Å². The second kappa shape index (κ2) is 4.29. The Labute approximate surface area is 96.4 Å². The average Bonchev–Trinajstić information content (AvgIpc) is 2.60. The Morgan fingerprint density at radius 2 is 2.06 bits per heavy atom. The molecule has 0 N–H and O–H groups in total. The smallest absolute Gasteiger partial charge is 0.374 e. The third kappa shape index (κ3) is 2.29. The standard InChI is InChI=1S/C12H12F4O/c1-2-17-11-4-3-8-9(11)5-7(13)6-10(8)12(14,15)16/h5-6,11H,2-4H2,1H3/t11-/m1/s1. The zero-order valence-electron chi connectivity index (χ0n) is 9.27. The summed E-state index contributed by atoms with van der Waals surface area (Å²) in [6, 6.07) is 1.71. The Morgan fingerprint density at radius 3 is 2.65 bits per heavy atom. The molecule has 1 nitrogen and oxygen atoms in total. The third-order valence-corrected chi connectivity index (χ3v) is 2.93. The number of hydrogen-bond acceptors (Lipinski definition) is 1. The molecule has 0 radical (unpaired) electrons. The minimum atomic E-state index is -4.51. The lowest BCUT2D eigenvalue weighted by Gasteiger charge is -2.15. The minimum Gasteiger partial charge on any atom is -0.374 e. The van der Waals surface area contributed by atoms with Crippen LogP contribution in [0, 0.1) is 5.82 Å². The number of benzene rings is 1. The Morgan fingerprint density at radius 1 is 1.35 bits per heavy atom. The Kier molecular flexibility index (Phi) is 3.12. The van der Waals surface area contributed by atoms with Gasteiger partial charge in [-0.1, -0.05) is 0 Å². The molecule has 0 fully saturated rings. The fraction of sp³-hybridized carbons (Fsp3) is 0.500. The molecule has 17 heavy (non-hydrogen) atoms. The topological polar surface area (TPSA) is 9.23 Å². The van der Waals surface area contributed by atoms with E-state index in [0.29, 0.717) is 24.7 Å². The lowest BCUT2D eigenvalue weighted by Crippen LogP contribution is -2.10. The molecule has 1 aromatic rings. The highest BCUT2D eigenvalue weighted by Crippen LogP contribution is 2.42. The van der Waals surface area contributed by atoms with Gasteiger partial charge in [0.25, 0.3) is 0 Å². The number of ether oxygens (including phenoxy) is 1. The Bertz CT molecular complexity index is 425. The van der Waals surface area contributed by atoms with E-state index in [1.165, 1.54) is 0 Å². The molecule has 94 valence electrons. The number of rotatable bonds is 2. The molecule has 0 saturated carbocycles. The maximum absolute atomic E-state index is 13.2. The first-order chi connectivity index (χ1) is 7.93. The van der Waals surface area contributed by atoms with Crippen molar-refractivity contribution in [3.8, 4) is 0 Å². The van der Waals surface area contributed by atoms with Crippen LogP contribution in [0.4, 0.5) is 17.6 Å². The maximum atomic E-state index is 13.2. The highest BCUT2D eigenvalue weighted by Gasteiger charge is 2.38. The van der Waals surface area contributed by atoms with Crippen LogP contribution in [-0.4, -0.2) is 6.61 Å². The zero-order chi connectivity index (χ0) is 12.6. The van der Waals surface area contributed by atoms with E-state index in [9.17, 15) is 17.6 Å². The number of fused-ring (bicyclic) bond motifs is 1. The van der Waals surface area contributed by atoms with E-state index < -0.39 is 23.7 Å². The predicted molar refractivity (Wildman–Crippen MR) is 54.1 cm³/mol. The van der Waals surface area contributed by atoms with Crippen LogP contribution in [0.2, 0.25) is 0 Å². The summed E-state index contributed by atoms with van der Waals surface area (Å²) in [6.07, 6.45) is -4.15. The van der Waals surface area contributed by atoms with Crippen molar-refractivity contribution in [2.24, 2.45) is 0 Å². The van der Waals surface area contributed by atoms with Gasteiger partial charge in [-0.05, 0) is 43.0 Å². The van der Waals surface area contributed by atoms with Crippen molar-refractivity contribution in [3.63, 3.8) is 0 Å². The zero-order valence-corrected chi connectivity index (χ0v) is 9.27. The number of alkyl halides is 3. The quantitative estimate of drug-likeness (QED) is 0.722. The monoisotopic (exact) mass is 248 g/mol. The van der Waals surface area contributed by atoms with Gasteiger partial charge >= 0.3 is 6.18 Å². The lowest BCUT2D eigenvalue weighted by atomic mass is 10.0. The van der Waals surface area contributed by atoms with Crippen molar-refractivity contribution in [2.75, 3.05) is 6.61 Å². The average molecular weight is 248 g/mol. The molecule has 0 saturated heterocycles. The van der Waals surface area contributed by atoms with E-state index >= 15 is 0 Å². The number of halogens is 4. The molecular weight excluding hydrogens is 236 g/mol. The van der Waals surface area contributed by atoms with Crippen LogP contribution < -0.4 is 0 Å². The largest absolute Gasteiger partial charge is 0.416 e. The second-order valence-corrected chi connectivity index (χ2v) is 4.00. The molecule has 2 rings (SSSR count). The van der Waals surface area contributed by atoms with Crippen molar-refractivity contribution < 1.29 is 22.3 Å². The molecule has 1 aliphatic rings. The van der Waals surface area contributed by atoms with E-state index in [1.54, 1.807) is 6.92 Å². The Balaban J connectivity index is 2.49. The van der Waals surface area contributed by atoms with Crippen LogP contribution in [0.5, 0.6) is 0 Å². The normalized spacial score (nSPS) is 19.5. The van der Waals surface area contributed by atoms with Gasteiger partial charge in [-0.3, -0.25) is 0 Å². The van der Waals surface area contributed by atoms with Crippen LogP contribution in [0.3, 0.4) is 0 Å². The second-order valence-electron chi connectivity index (χ2n) is 4.00. The number of hydrogen-bond donors (Lipinski definition) is 0. The van der Waals surface area contributed by atoms with Gasteiger partial charge in [-0.15, -0.1) is 0 Å². The maximum Gasteiger partial charge on any atom is 0.416 e. The summed E-state index contributed by atoms with van der Waals surface area (Å²) in [6.45, 7) is 2.17. The minimum absolute atomic E-state index is 0.178. The molecule has 0 aromatic heterocycles. The molecular formula is C12H12F4O. The summed E-state index contributed by atoms with van der Waals surface area (Å²) >= 11 is 0. The fourth-order valence-corrected chi connectivity index (χ4v) is 2.28. The van der Waals surface area contributed by atoms with Gasteiger partial charge in [-0.25, -0.2) is 4.39 Å². The van der Waals surface area contributed by atoms with Crippen molar-refractivity contribution in [3.05, 3.63) is 34.6 Å². The van der Waals surface area contributed by atoms with Crippen molar-refractivity contribution in [1.29, 1.82) is 0 Å². The molecule has 0 heterocycles. The van der Waals surface area contributed by atoms with Gasteiger partial charge in [0.2, 0.25) is 0 Å². The molecule has 1 aromatic carbocycles. The molecule has 0 unspecified atom stereocenters. The van der Waals surface area contributed by atoms with Gasteiger partial charge in [-0.2, -0.15) is 13.2 Å². The van der Waals surface area contributed by atoms with E-state index in [-0.39, 0.29) is 12.0 Å². The van der Waals surface area contributed by atoms with Gasteiger partial charge in [0.1, 0.15) is 5.82 Å². The van der Waals surface area contributed by atoms with Crippen molar-refractivity contribution >= 4 is 0 Å². The van der Waals surface area contributed by atoms with Crippen molar-refractivity contribution in [1.82, 2.24) is 0 Å². The van der Waals surface area contributed by atoms with Gasteiger partial charge in [0.15, 0.2) is 0 Å². The first-order valence-corrected chi connectivity index (χ1v) is 5.44. The van der Waals surface area contributed by atoms with E-state index in [2.05, 4.69) is 0 Å². The van der Waals surface area contributed by atoms with E-state index in [1.807, 2.05) is 0 Å². The first-order valence-electron chi connectivity index (χ1n) is 5.44. The molecule has 0 amide bonds. The van der Waals surface area contributed by atoms with Crippen LogP contribution in [0.15, 0.2) is 12.1 Å². The van der Waals surface area contributed by atoms with Crippen LogP contribution >= 0.6 is 0 Å².